The molecule has 0 radical (unpaired) electrons. The Kier molecular flexibility index (Phi) is 4.15. The lowest BCUT2D eigenvalue weighted by Crippen LogP contribution is -2.13. The third kappa shape index (κ3) is 3.50. The van der Waals surface area contributed by atoms with Crippen molar-refractivity contribution in [2.24, 2.45) is 5.73 Å². The van der Waals surface area contributed by atoms with Crippen molar-refractivity contribution >= 4 is 27.6 Å². The molecule has 5 nitrogen and oxygen atoms in total. The molecule has 0 aromatic heterocycles. The van der Waals surface area contributed by atoms with E-state index < -0.39 is 26.7 Å². The normalized spacial score (nSPS) is 11.1. The van der Waals surface area contributed by atoms with Gasteiger partial charge < -0.3 is 9.92 Å². The molecule has 0 atom stereocenters. The minimum Gasteiger partial charge on any atom is -0.379 e. The van der Waals surface area contributed by atoms with Gasteiger partial charge in [-0.3, -0.25) is 4.79 Å². The molecular formula is C13H9ClFNO4S. The van der Waals surface area contributed by atoms with E-state index in [0.29, 0.717) is 0 Å². The Bertz CT molecular complexity index is 808. The largest absolute Gasteiger partial charge is 0.379 e. The van der Waals surface area contributed by atoms with Gasteiger partial charge in [0.2, 0.25) is 5.91 Å². The molecule has 1 amide bonds. The number of rotatable bonds is 4. The summed E-state index contributed by atoms with van der Waals surface area (Å²) in [5.74, 6) is -1.93. The Morgan fingerprint density at radius 2 is 1.90 bits per heavy atom. The van der Waals surface area contributed by atoms with Gasteiger partial charge in [-0.1, -0.05) is 17.7 Å². The summed E-state index contributed by atoms with van der Waals surface area (Å²) in [5, 5.41) is 0.0576. The molecule has 2 aromatic rings. The standard InChI is InChI=1S/C13H9ClFNO4S/c14-9-4-5-12(11(15)7-9)21(18,19)20-10-3-1-2-8(6-10)13(16)17/h1-7H,(H2,16,17). The lowest BCUT2D eigenvalue weighted by Gasteiger charge is -2.08. The molecule has 2 aromatic carbocycles. The van der Waals surface area contributed by atoms with Crippen LogP contribution in [0.1, 0.15) is 10.4 Å². The number of halogens is 2. The maximum absolute atomic E-state index is 13.6. The number of amides is 1. The highest BCUT2D eigenvalue weighted by molar-refractivity contribution is 7.87. The van der Waals surface area contributed by atoms with Crippen LogP contribution < -0.4 is 9.92 Å². The molecule has 0 aliphatic carbocycles. The molecule has 0 spiro atoms. The average molecular weight is 330 g/mol. The van der Waals surface area contributed by atoms with Gasteiger partial charge in [-0.25, -0.2) is 4.39 Å². The van der Waals surface area contributed by atoms with Gasteiger partial charge in [0.1, 0.15) is 16.5 Å². The van der Waals surface area contributed by atoms with Crippen molar-refractivity contribution in [3.63, 3.8) is 0 Å². The fourth-order valence-corrected chi connectivity index (χ4v) is 2.69. The van der Waals surface area contributed by atoms with Crippen LogP contribution in [0.2, 0.25) is 5.02 Å². The number of carbonyl (C=O) groups excluding carboxylic acids is 1. The van der Waals surface area contributed by atoms with Crippen LogP contribution in [0.4, 0.5) is 4.39 Å². The number of benzene rings is 2. The minimum atomic E-state index is -4.39. The highest BCUT2D eigenvalue weighted by Crippen LogP contribution is 2.23. The summed E-state index contributed by atoms with van der Waals surface area (Å²) in [7, 11) is -4.39. The molecule has 0 unspecified atom stereocenters. The SMILES string of the molecule is NC(=O)c1cccc(OS(=O)(=O)c2ccc(Cl)cc2F)c1. The van der Waals surface area contributed by atoms with Crippen molar-refractivity contribution in [3.05, 3.63) is 58.9 Å². The predicted octanol–water partition coefficient (Wildman–Crippen LogP) is 2.35. The van der Waals surface area contributed by atoms with Gasteiger partial charge in [-0.15, -0.1) is 0 Å². The van der Waals surface area contributed by atoms with Crippen LogP contribution in [0.25, 0.3) is 0 Å². The zero-order valence-electron chi connectivity index (χ0n) is 10.4. The second kappa shape index (κ2) is 5.71. The van der Waals surface area contributed by atoms with Gasteiger partial charge in [0.05, 0.1) is 0 Å². The minimum absolute atomic E-state index is 0.0576. The fraction of sp³-hybridized carbons (Fsp3) is 0. The van der Waals surface area contributed by atoms with Gasteiger partial charge in [0.25, 0.3) is 0 Å². The van der Waals surface area contributed by atoms with E-state index in [2.05, 4.69) is 0 Å². The molecule has 110 valence electrons. The highest BCUT2D eigenvalue weighted by atomic mass is 35.5. The van der Waals surface area contributed by atoms with Gasteiger partial charge in [-0.2, -0.15) is 8.42 Å². The third-order valence-corrected chi connectivity index (χ3v) is 4.00. The van der Waals surface area contributed by atoms with E-state index in [9.17, 15) is 17.6 Å². The van der Waals surface area contributed by atoms with Gasteiger partial charge in [0.15, 0.2) is 0 Å². The van der Waals surface area contributed by atoms with E-state index in [0.717, 1.165) is 18.2 Å². The Balaban J connectivity index is 2.37. The van der Waals surface area contributed by atoms with Crippen molar-refractivity contribution < 1.29 is 21.8 Å². The number of hydrogen-bond donors (Lipinski definition) is 1. The van der Waals surface area contributed by atoms with Crippen LogP contribution in [-0.4, -0.2) is 14.3 Å². The lowest BCUT2D eigenvalue weighted by molar-refractivity contribution is 0.1000. The Hall–Kier alpha value is -2.12. The van der Waals surface area contributed by atoms with Crippen LogP contribution in [0.5, 0.6) is 5.75 Å². The Morgan fingerprint density at radius 1 is 1.19 bits per heavy atom. The molecule has 0 aliphatic rings. The number of carbonyl (C=O) groups is 1. The first-order valence-corrected chi connectivity index (χ1v) is 7.37. The molecule has 0 saturated carbocycles. The van der Waals surface area contributed by atoms with Gasteiger partial charge in [0, 0.05) is 10.6 Å². The van der Waals surface area contributed by atoms with E-state index in [1.54, 1.807) is 0 Å². The maximum Gasteiger partial charge on any atom is 0.342 e. The van der Waals surface area contributed by atoms with E-state index in [4.69, 9.17) is 21.5 Å². The number of nitrogens with two attached hydrogens (primary N) is 1. The number of hydrogen-bond acceptors (Lipinski definition) is 4. The highest BCUT2D eigenvalue weighted by Gasteiger charge is 2.22. The topological polar surface area (TPSA) is 86.5 Å². The molecule has 0 bridgehead atoms. The number of primary amides is 1. The summed E-state index contributed by atoms with van der Waals surface area (Å²) in [5.41, 5.74) is 5.15. The van der Waals surface area contributed by atoms with Crippen molar-refractivity contribution in [1.29, 1.82) is 0 Å². The first kappa shape index (κ1) is 15.3. The monoisotopic (exact) mass is 329 g/mol. The quantitative estimate of drug-likeness (QED) is 0.872. The summed E-state index contributed by atoms with van der Waals surface area (Å²) < 4.78 is 42.4. The van der Waals surface area contributed by atoms with Crippen LogP contribution in [0.3, 0.4) is 0 Å². The molecule has 2 N–H and O–H groups in total. The van der Waals surface area contributed by atoms with Crippen LogP contribution in [-0.2, 0) is 10.1 Å². The van der Waals surface area contributed by atoms with E-state index in [-0.39, 0.29) is 16.3 Å². The van der Waals surface area contributed by atoms with Crippen molar-refractivity contribution in [1.82, 2.24) is 0 Å². The third-order valence-electron chi connectivity index (χ3n) is 2.49. The van der Waals surface area contributed by atoms with Crippen LogP contribution in [0, 0.1) is 5.82 Å². The molecule has 0 saturated heterocycles. The van der Waals surface area contributed by atoms with Crippen LogP contribution in [0.15, 0.2) is 47.4 Å². The van der Waals surface area contributed by atoms with Crippen molar-refractivity contribution in [2.45, 2.75) is 4.90 Å². The molecule has 0 aliphatic heterocycles. The second-order valence-electron chi connectivity index (χ2n) is 4.00. The second-order valence-corrected chi connectivity index (χ2v) is 5.96. The molecule has 21 heavy (non-hydrogen) atoms. The smallest absolute Gasteiger partial charge is 0.342 e. The van der Waals surface area contributed by atoms with Gasteiger partial charge >= 0.3 is 10.1 Å². The zero-order valence-corrected chi connectivity index (χ0v) is 12.0. The molecule has 0 fully saturated rings. The summed E-state index contributed by atoms with van der Waals surface area (Å²) in [6.45, 7) is 0. The van der Waals surface area contributed by atoms with Gasteiger partial charge in [-0.05, 0) is 36.4 Å². The summed E-state index contributed by atoms with van der Waals surface area (Å²) >= 11 is 5.56. The summed E-state index contributed by atoms with van der Waals surface area (Å²) in [6.07, 6.45) is 0. The van der Waals surface area contributed by atoms with E-state index in [1.807, 2.05) is 0 Å². The molecular weight excluding hydrogens is 321 g/mol. The predicted molar refractivity (Wildman–Crippen MR) is 74.2 cm³/mol. The molecule has 8 heteroatoms. The van der Waals surface area contributed by atoms with E-state index >= 15 is 0 Å². The summed E-state index contributed by atoms with van der Waals surface area (Å²) in [4.78, 5) is 10.4. The maximum atomic E-state index is 13.6. The van der Waals surface area contributed by atoms with Crippen molar-refractivity contribution in [3.8, 4) is 5.75 Å². The Morgan fingerprint density at radius 3 is 2.52 bits per heavy atom. The zero-order chi connectivity index (χ0) is 15.6. The molecule has 0 heterocycles. The van der Waals surface area contributed by atoms with Crippen LogP contribution >= 0.6 is 11.6 Å². The van der Waals surface area contributed by atoms with Crippen molar-refractivity contribution in [2.75, 3.05) is 0 Å². The first-order valence-electron chi connectivity index (χ1n) is 5.59. The average Bonchev–Trinajstić information content (AvgIpc) is 2.37. The fourth-order valence-electron chi connectivity index (χ4n) is 1.55. The Labute approximate surface area is 125 Å². The molecule has 2 rings (SSSR count). The van der Waals surface area contributed by atoms with E-state index in [1.165, 1.54) is 24.3 Å². The summed E-state index contributed by atoms with van der Waals surface area (Å²) in [6, 6.07) is 8.31. The first-order chi connectivity index (χ1) is 9.79. The lowest BCUT2D eigenvalue weighted by atomic mass is 10.2.